The molecule has 0 spiro atoms. The van der Waals surface area contributed by atoms with Crippen LogP contribution in [0.1, 0.15) is 18.4 Å². The summed E-state index contributed by atoms with van der Waals surface area (Å²) in [6, 6.07) is 5.61. The highest BCUT2D eigenvalue weighted by molar-refractivity contribution is 5.67. The number of carboxylic acid groups (broad SMARTS) is 1. The quantitative estimate of drug-likeness (QED) is 0.851. The van der Waals surface area contributed by atoms with Crippen molar-refractivity contribution in [3.8, 4) is 11.5 Å². The number of hydrogen-bond acceptors (Lipinski definition) is 4. The zero-order chi connectivity index (χ0) is 13.9. The summed E-state index contributed by atoms with van der Waals surface area (Å²) in [5.74, 6) is 0.640. The third-order valence-corrected chi connectivity index (χ3v) is 3.55. The Labute approximate surface area is 112 Å². The van der Waals surface area contributed by atoms with E-state index < -0.39 is 5.97 Å². The summed E-state index contributed by atoms with van der Waals surface area (Å²) in [5, 5.41) is 8.86. The fraction of sp³-hybridized carbons (Fsp3) is 0.500. The van der Waals surface area contributed by atoms with Gasteiger partial charge < -0.3 is 19.3 Å². The Morgan fingerprint density at radius 1 is 1.37 bits per heavy atom. The number of hydrogen-bond donors (Lipinski definition) is 1. The molecule has 0 aromatic heterocycles. The molecule has 0 saturated carbocycles. The van der Waals surface area contributed by atoms with E-state index in [4.69, 9.17) is 19.3 Å². The molecule has 2 rings (SSSR count). The first-order valence-electron chi connectivity index (χ1n) is 6.13. The summed E-state index contributed by atoms with van der Waals surface area (Å²) in [6.45, 7) is 1.06. The van der Waals surface area contributed by atoms with E-state index in [0.29, 0.717) is 31.1 Å². The number of benzene rings is 1. The molecule has 1 aliphatic heterocycles. The van der Waals surface area contributed by atoms with Crippen molar-refractivity contribution in [2.75, 3.05) is 27.4 Å². The minimum Gasteiger partial charge on any atom is -0.497 e. The molecule has 0 bridgehead atoms. The average Bonchev–Trinajstić information content (AvgIpc) is 2.37. The molecule has 0 unspecified atom stereocenters. The lowest BCUT2D eigenvalue weighted by molar-refractivity contribution is -0.139. The summed E-state index contributed by atoms with van der Waals surface area (Å²) in [6.07, 6.45) is 0.670. The van der Waals surface area contributed by atoms with E-state index in [1.165, 1.54) is 0 Å². The second-order valence-electron chi connectivity index (χ2n) is 4.73. The Hall–Kier alpha value is -1.75. The van der Waals surface area contributed by atoms with Crippen LogP contribution in [-0.4, -0.2) is 38.5 Å². The van der Waals surface area contributed by atoms with Crippen LogP contribution in [0.4, 0.5) is 0 Å². The van der Waals surface area contributed by atoms with Crippen LogP contribution in [0.25, 0.3) is 0 Å². The standard InChI is InChI=1S/C14H18O5/c1-17-10-3-4-11(12(7-10)18-2)14(8-19-9-14)6-5-13(15)16/h3-4,7H,5-6,8-9H2,1-2H3,(H,15,16). The van der Waals surface area contributed by atoms with Gasteiger partial charge in [-0.05, 0) is 12.5 Å². The van der Waals surface area contributed by atoms with E-state index in [1.54, 1.807) is 14.2 Å². The lowest BCUT2D eigenvalue weighted by atomic mass is 9.74. The van der Waals surface area contributed by atoms with Gasteiger partial charge in [-0.1, -0.05) is 6.07 Å². The van der Waals surface area contributed by atoms with Gasteiger partial charge in [-0.2, -0.15) is 0 Å². The van der Waals surface area contributed by atoms with Gasteiger partial charge >= 0.3 is 5.97 Å². The van der Waals surface area contributed by atoms with Gasteiger partial charge in [-0.25, -0.2) is 0 Å². The van der Waals surface area contributed by atoms with Crippen molar-refractivity contribution >= 4 is 5.97 Å². The van der Waals surface area contributed by atoms with E-state index in [-0.39, 0.29) is 11.8 Å². The molecule has 1 heterocycles. The minimum atomic E-state index is -0.793. The van der Waals surface area contributed by atoms with E-state index in [1.807, 2.05) is 18.2 Å². The molecule has 19 heavy (non-hydrogen) atoms. The van der Waals surface area contributed by atoms with Gasteiger partial charge in [-0.15, -0.1) is 0 Å². The first-order chi connectivity index (χ1) is 9.11. The highest BCUT2D eigenvalue weighted by Gasteiger charge is 2.42. The molecule has 1 N–H and O–H groups in total. The van der Waals surface area contributed by atoms with Crippen LogP contribution in [-0.2, 0) is 14.9 Å². The van der Waals surface area contributed by atoms with Crippen LogP contribution in [0.3, 0.4) is 0 Å². The molecule has 1 aliphatic rings. The van der Waals surface area contributed by atoms with E-state index in [0.717, 1.165) is 5.56 Å². The molecule has 0 aliphatic carbocycles. The van der Waals surface area contributed by atoms with Crippen molar-refractivity contribution in [1.29, 1.82) is 0 Å². The lowest BCUT2D eigenvalue weighted by Crippen LogP contribution is -2.47. The molecule has 104 valence electrons. The Kier molecular flexibility index (Phi) is 3.95. The average molecular weight is 266 g/mol. The molecule has 0 amide bonds. The molecular weight excluding hydrogens is 248 g/mol. The van der Waals surface area contributed by atoms with Gasteiger partial charge in [0.15, 0.2) is 0 Å². The van der Waals surface area contributed by atoms with Gasteiger partial charge in [0.1, 0.15) is 11.5 Å². The van der Waals surface area contributed by atoms with E-state index in [2.05, 4.69) is 0 Å². The molecule has 1 aromatic rings. The monoisotopic (exact) mass is 266 g/mol. The summed E-state index contributed by atoms with van der Waals surface area (Å²) >= 11 is 0. The van der Waals surface area contributed by atoms with Crippen LogP contribution in [0.2, 0.25) is 0 Å². The molecule has 1 fully saturated rings. The molecule has 0 atom stereocenters. The molecule has 5 heteroatoms. The predicted octanol–water partition coefficient (Wildman–Crippen LogP) is 1.84. The first kappa shape index (κ1) is 13.7. The highest BCUT2D eigenvalue weighted by Crippen LogP contribution is 2.42. The van der Waals surface area contributed by atoms with Crippen molar-refractivity contribution in [2.24, 2.45) is 0 Å². The fourth-order valence-electron chi connectivity index (χ4n) is 2.37. The zero-order valence-electron chi connectivity index (χ0n) is 11.1. The predicted molar refractivity (Wildman–Crippen MR) is 68.9 cm³/mol. The van der Waals surface area contributed by atoms with Gasteiger partial charge in [0.2, 0.25) is 0 Å². The van der Waals surface area contributed by atoms with Crippen molar-refractivity contribution in [3.63, 3.8) is 0 Å². The third kappa shape index (κ3) is 2.66. The normalized spacial score (nSPS) is 16.5. The number of aliphatic carboxylic acids is 1. The number of carboxylic acids is 1. The highest BCUT2D eigenvalue weighted by atomic mass is 16.5. The van der Waals surface area contributed by atoms with Gasteiger partial charge in [0.05, 0.1) is 27.4 Å². The summed E-state index contributed by atoms with van der Waals surface area (Å²) < 4.78 is 15.9. The Morgan fingerprint density at radius 3 is 2.58 bits per heavy atom. The number of methoxy groups -OCH3 is 2. The number of ether oxygens (including phenoxy) is 3. The molecule has 1 saturated heterocycles. The summed E-state index contributed by atoms with van der Waals surface area (Å²) in [5.41, 5.74) is 0.735. The van der Waals surface area contributed by atoms with Crippen LogP contribution in [0, 0.1) is 0 Å². The van der Waals surface area contributed by atoms with Gasteiger partial charge in [-0.3, -0.25) is 4.79 Å². The smallest absolute Gasteiger partial charge is 0.303 e. The maximum atomic E-state index is 10.8. The zero-order valence-corrected chi connectivity index (χ0v) is 11.1. The van der Waals surface area contributed by atoms with E-state index >= 15 is 0 Å². The SMILES string of the molecule is COc1ccc(C2(CCC(=O)O)COC2)c(OC)c1. The Bertz CT molecular complexity index is 465. The third-order valence-electron chi connectivity index (χ3n) is 3.55. The Balaban J connectivity index is 2.29. The van der Waals surface area contributed by atoms with Crippen LogP contribution in [0.5, 0.6) is 11.5 Å². The Morgan fingerprint density at radius 2 is 2.11 bits per heavy atom. The molecule has 5 nitrogen and oxygen atoms in total. The van der Waals surface area contributed by atoms with Crippen LogP contribution < -0.4 is 9.47 Å². The summed E-state index contributed by atoms with van der Waals surface area (Å²) in [4.78, 5) is 10.8. The largest absolute Gasteiger partial charge is 0.497 e. The molecule has 1 aromatic carbocycles. The van der Waals surface area contributed by atoms with E-state index in [9.17, 15) is 4.79 Å². The second kappa shape index (κ2) is 5.48. The maximum Gasteiger partial charge on any atom is 0.303 e. The fourth-order valence-corrected chi connectivity index (χ4v) is 2.37. The molecular formula is C14H18O5. The number of rotatable bonds is 6. The van der Waals surface area contributed by atoms with Crippen LogP contribution in [0.15, 0.2) is 18.2 Å². The summed E-state index contributed by atoms with van der Waals surface area (Å²) in [7, 11) is 3.20. The first-order valence-corrected chi connectivity index (χ1v) is 6.13. The topological polar surface area (TPSA) is 65.0 Å². The van der Waals surface area contributed by atoms with Crippen molar-refractivity contribution in [2.45, 2.75) is 18.3 Å². The maximum absolute atomic E-state index is 10.8. The van der Waals surface area contributed by atoms with Crippen molar-refractivity contribution in [3.05, 3.63) is 23.8 Å². The number of carbonyl (C=O) groups is 1. The second-order valence-corrected chi connectivity index (χ2v) is 4.73. The van der Waals surface area contributed by atoms with Crippen LogP contribution >= 0.6 is 0 Å². The van der Waals surface area contributed by atoms with Gasteiger partial charge in [0.25, 0.3) is 0 Å². The van der Waals surface area contributed by atoms with Gasteiger partial charge in [0, 0.05) is 23.5 Å². The lowest BCUT2D eigenvalue weighted by Gasteiger charge is -2.42. The van der Waals surface area contributed by atoms with Crippen molar-refractivity contribution < 1.29 is 24.1 Å². The minimum absolute atomic E-state index is 0.124. The molecule has 0 radical (unpaired) electrons. The van der Waals surface area contributed by atoms with Crippen molar-refractivity contribution in [1.82, 2.24) is 0 Å².